The Morgan fingerprint density at radius 3 is 2.80 bits per heavy atom. The summed E-state index contributed by atoms with van der Waals surface area (Å²) in [7, 11) is 0. The predicted octanol–water partition coefficient (Wildman–Crippen LogP) is 4.16. The van der Waals surface area contributed by atoms with E-state index in [1.807, 2.05) is 32.0 Å². The molecule has 1 aromatic carbocycles. The zero-order chi connectivity index (χ0) is 15.0. The summed E-state index contributed by atoms with van der Waals surface area (Å²) < 4.78 is 5.81. The van der Waals surface area contributed by atoms with Crippen LogP contribution in [0.4, 0.5) is 0 Å². The molecule has 0 bridgehead atoms. The summed E-state index contributed by atoms with van der Waals surface area (Å²) in [6.07, 6.45) is 1.77. The molecular formula is C16H23ClN2O. The highest BCUT2D eigenvalue weighted by Gasteiger charge is 2.17. The highest BCUT2D eigenvalue weighted by molar-refractivity contribution is 6.31. The summed E-state index contributed by atoms with van der Waals surface area (Å²) in [6, 6.07) is 7.96. The van der Waals surface area contributed by atoms with Gasteiger partial charge in [0, 0.05) is 17.1 Å². The van der Waals surface area contributed by atoms with Gasteiger partial charge in [0.2, 0.25) is 0 Å². The Kier molecular flexibility index (Phi) is 6.84. The van der Waals surface area contributed by atoms with Crippen LogP contribution >= 0.6 is 11.6 Å². The van der Waals surface area contributed by atoms with E-state index >= 15 is 0 Å². The third kappa shape index (κ3) is 5.40. The Hall–Kier alpha value is -1.24. The number of nitrogens with zero attached hydrogens (tertiary/aromatic N) is 1. The number of benzene rings is 1. The van der Waals surface area contributed by atoms with Gasteiger partial charge in [-0.1, -0.05) is 24.6 Å². The molecule has 1 N–H and O–H groups in total. The Morgan fingerprint density at radius 2 is 2.15 bits per heavy atom. The molecule has 0 aliphatic rings. The molecule has 0 radical (unpaired) electrons. The first-order chi connectivity index (χ1) is 9.50. The third-order valence-electron chi connectivity index (χ3n) is 3.09. The van der Waals surface area contributed by atoms with Crippen LogP contribution in [0.25, 0.3) is 0 Å². The molecule has 0 saturated carbocycles. The lowest BCUT2D eigenvalue weighted by atomic mass is 9.92. The molecule has 110 valence electrons. The maximum Gasteiger partial charge on any atom is 0.125 e. The fourth-order valence-corrected chi connectivity index (χ4v) is 1.94. The van der Waals surface area contributed by atoms with Crippen LogP contribution in [-0.4, -0.2) is 13.2 Å². The van der Waals surface area contributed by atoms with Gasteiger partial charge in [0.15, 0.2) is 0 Å². The summed E-state index contributed by atoms with van der Waals surface area (Å²) >= 11 is 6.23. The average Bonchev–Trinajstić information content (AvgIpc) is 2.41. The molecule has 0 aromatic heterocycles. The lowest BCUT2D eigenvalue weighted by Gasteiger charge is -2.17. The molecule has 0 spiro atoms. The van der Waals surface area contributed by atoms with E-state index in [9.17, 15) is 0 Å². The highest BCUT2D eigenvalue weighted by atomic mass is 35.5. The maximum absolute atomic E-state index is 9.00. The zero-order valence-electron chi connectivity index (χ0n) is 12.5. The number of nitriles is 1. The molecule has 0 atom stereocenters. The molecule has 0 fully saturated rings. The van der Waals surface area contributed by atoms with Crippen LogP contribution in [0, 0.1) is 16.7 Å². The van der Waals surface area contributed by atoms with Crippen molar-refractivity contribution in [3.8, 4) is 11.8 Å². The van der Waals surface area contributed by atoms with Crippen LogP contribution in [0.1, 0.15) is 39.2 Å². The Labute approximate surface area is 126 Å². The van der Waals surface area contributed by atoms with Gasteiger partial charge >= 0.3 is 0 Å². The molecule has 1 rings (SSSR count). The SMILES string of the molecule is CCCNCc1c(Cl)cccc1OCCC(C)(C)C#N. The first kappa shape index (κ1) is 16.8. The van der Waals surface area contributed by atoms with Gasteiger partial charge in [0.05, 0.1) is 18.1 Å². The molecule has 20 heavy (non-hydrogen) atoms. The zero-order valence-corrected chi connectivity index (χ0v) is 13.3. The Balaban J connectivity index is 2.65. The monoisotopic (exact) mass is 294 g/mol. The maximum atomic E-state index is 9.00. The summed E-state index contributed by atoms with van der Waals surface area (Å²) in [5, 5.41) is 13.0. The van der Waals surface area contributed by atoms with E-state index in [2.05, 4.69) is 18.3 Å². The van der Waals surface area contributed by atoms with Crippen molar-refractivity contribution in [2.45, 2.75) is 40.2 Å². The lowest BCUT2D eigenvalue weighted by Crippen LogP contribution is -2.16. The highest BCUT2D eigenvalue weighted by Crippen LogP contribution is 2.27. The van der Waals surface area contributed by atoms with Crippen molar-refractivity contribution in [1.82, 2.24) is 5.32 Å². The van der Waals surface area contributed by atoms with E-state index in [1.165, 1.54) is 0 Å². The van der Waals surface area contributed by atoms with Crippen LogP contribution in [0.2, 0.25) is 5.02 Å². The van der Waals surface area contributed by atoms with Crippen LogP contribution in [0.5, 0.6) is 5.75 Å². The summed E-state index contributed by atoms with van der Waals surface area (Å²) in [5.74, 6) is 0.801. The van der Waals surface area contributed by atoms with Crippen LogP contribution in [-0.2, 0) is 6.54 Å². The van der Waals surface area contributed by atoms with Crippen LogP contribution in [0.15, 0.2) is 18.2 Å². The minimum Gasteiger partial charge on any atom is -0.493 e. The van der Waals surface area contributed by atoms with Gasteiger partial charge in [0.25, 0.3) is 0 Å². The molecule has 4 heteroatoms. The number of hydrogen-bond donors (Lipinski definition) is 1. The van der Waals surface area contributed by atoms with E-state index < -0.39 is 0 Å². The molecule has 0 heterocycles. The molecule has 0 aliphatic heterocycles. The van der Waals surface area contributed by atoms with E-state index in [0.717, 1.165) is 24.3 Å². The number of hydrogen-bond acceptors (Lipinski definition) is 3. The lowest BCUT2D eigenvalue weighted by molar-refractivity contribution is 0.262. The molecule has 0 amide bonds. The van der Waals surface area contributed by atoms with Crippen molar-refractivity contribution in [2.24, 2.45) is 5.41 Å². The molecule has 0 saturated heterocycles. The fourth-order valence-electron chi connectivity index (χ4n) is 1.71. The van der Waals surface area contributed by atoms with Crippen LogP contribution < -0.4 is 10.1 Å². The second-order valence-corrected chi connectivity index (χ2v) is 5.89. The van der Waals surface area contributed by atoms with E-state index in [-0.39, 0.29) is 5.41 Å². The third-order valence-corrected chi connectivity index (χ3v) is 3.45. The quantitative estimate of drug-likeness (QED) is 0.732. The largest absolute Gasteiger partial charge is 0.493 e. The van der Waals surface area contributed by atoms with Gasteiger partial charge in [-0.3, -0.25) is 0 Å². The van der Waals surface area contributed by atoms with Crippen molar-refractivity contribution < 1.29 is 4.74 Å². The fraction of sp³-hybridized carbons (Fsp3) is 0.562. The second kappa shape index (κ2) is 8.14. The van der Waals surface area contributed by atoms with Gasteiger partial charge < -0.3 is 10.1 Å². The van der Waals surface area contributed by atoms with Gasteiger partial charge in [-0.2, -0.15) is 5.26 Å². The van der Waals surface area contributed by atoms with Crippen molar-refractivity contribution in [1.29, 1.82) is 5.26 Å². The van der Waals surface area contributed by atoms with Crippen LogP contribution in [0.3, 0.4) is 0 Å². The standard InChI is InChI=1S/C16H23ClN2O/c1-4-9-19-11-13-14(17)6-5-7-15(13)20-10-8-16(2,3)12-18/h5-7,19H,4,8-11H2,1-3H3. The topological polar surface area (TPSA) is 45.0 Å². The number of nitrogens with one attached hydrogen (secondary N) is 1. The smallest absolute Gasteiger partial charge is 0.125 e. The molecule has 0 aliphatic carbocycles. The molecule has 1 aromatic rings. The molecule has 0 unspecified atom stereocenters. The summed E-state index contributed by atoms with van der Waals surface area (Å²) in [6.45, 7) is 8.12. The number of ether oxygens (including phenoxy) is 1. The Bertz CT molecular complexity index is 466. The first-order valence-corrected chi connectivity index (χ1v) is 7.40. The van der Waals surface area contributed by atoms with Crippen molar-refractivity contribution in [3.05, 3.63) is 28.8 Å². The van der Waals surface area contributed by atoms with E-state index in [4.69, 9.17) is 21.6 Å². The Morgan fingerprint density at radius 1 is 1.40 bits per heavy atom. The van der Waals surface area contributed by atoms with Gasteiger partial charge in [-0.05, 0) is 45.4 Å². The summed E-state index contributed by atoms with van der Waals surface area (Å²) in [5.41, 5.74) is 0.622. The van der Waals surface area contributed by atoms with Gasteiger partial charge in [-0.15, -0.1) is 0 Å². The van der Waals surface area contributed by atoms with Crippen molar-refractivity contribution >= 4 is 11.6 Å². The number of halogens is 1. The first-order valence-electron chi connectivity index (χ1n) is 7.02. The van der Waals surface area contributed by atoms with E-state index in [0.29, 0.717) is 24.6 Å². The van der Waals surface area contributed by atoms with Gasteiger partial charge in [-0.25, -0.2) is 0 Å². The second-order valence-electron chi connectivity index (χ2n) is 5.49. The normalized spacial score (nSPS) is 11.2. The molecular weight excluding hydrogens is 272 g/mol. The van der Waals surface area contributed by atoms with E-state index in [1.54, 1.807) is 0 Å². The average molecular weight is 295 g/mol. The van der Waals surface area contributed by atoms with Crippen molar-refractivity contribution in [2.75, 3.05) is 13.2 Å². The van der Waals surface area contributed by atoms with Gasteiger partial charge in [0.1, 0.15) is 5.75 Å². The summed E-state index contributed by atoms with van der Waals surface area (Å²) in [4.78, 5) is 0. The minimum absolute atomic E-state index is 0.362. The minimum atomic E-state index is -0.362. The predicted molar refractivity (Wildman–Crippen MR) is 83.0 cm³/mol. The molecule has 3 nitrogen and oxygen atoms in total. The number of rotatable bonds is 8. The van der Waals surface area contributed by atoms with Crippen molar-refractivity contribution in [3.63, 3.8) is 0 Å².